The molecule has 0 bridgehead atoms. The van der Waals surface area contributed by atoms with Crippen LogP contribution in [0, 0.1) is 0 Å². The highest BCUT2D eigenvalue weighted by molar-refractivity contribution is 5.99. The van der Waals surface area contributed by atoms with Crippen molar-refractivity contribution in [1.82, 2.24) is 0 Å². The summed E-state index contributed by atoms with van der Waals surface area (Å²) >= 11 is 0. The van der Waals surface area contributed by atoms with E-state index in [0.29, 0.717) is 5.56 Å². The predicted octanol–water partition coefficient (Wildman–Crippen LogP) is 12.5. The molecule has 0 saturated heterocycles. The summed E-state index contributed by atoms with van der Waals surface area (Å²) in [7, 11) is 0. The van der Waals surface area contributed by atoms with Crippen LogP contribution in [0.4, 0.5) is 17.1 Å². The van der Waals surface area contributed by atoms with Crippen LogP contribution in [-0.2, 0) is 0 Å². The van der Waals surface area contributed by atoms with Crippen LogP contribution in [0.1, 0.15) is 20.6 Å². The summed E-state index contributed by atoms with van der Waals surface area (Å²) in [6.07, 6.45) is 0. The van der Waals surface area contributed by atoms with Crippen molar-refractivity contribution in [2.45, 2.75) is 0 Å². The van der Waals surface area contributed by atoms with Gasteiger partial charge in [-0.1, -0.05) is 151 Å². The molecular formula is C44H31N. The highest BCUT2D eigenvalue weighted by Gasteiger charge is 2.16. The van der Waals surface area contributed by atoms with Crippen molar-refractivity contribution in [2.75, 3.05) is 4.90 Å². The maximum absolute atomic E-state index is 9.69. The van der Waals surface area contributed by atoms with Crippen LogP contribution in [0.2, 0.25) is 0 Å². The second-order valence-electron chi connectivity index (χ2n) is 10.3. The van der Waals surface area contributed by atoms with Gasteiger partial charge in [-0.05, 0) is 85.8 Å². The van der Waals surface area contributed by atoms with Gasteiger partial charge in [0.2, 0.25) is 0 Å². The summed E-state index contributed by atoms with van der Waals surface area (Å²) in [5, 5.41) is 0.544. The molecule has 0 spiro atoms. The lowest BCUT2D eigenvalue weighted by molar-refractivity contribution is 1.30. The molecule has 8 aromatic rings. The second kappa shape index (κ2) is 11.6. The van der Waals surface area contributed by atoms with E-state index in [9.17, 15) is 9.60 Å². The van der Waals surface area contributed by atoms with Gasteiger partial charge in [-0.25, -0.2) is 0 Å². The SMILES string of the molecule is [2H]c1c([2H])c(-c2ccc3ccccc3c2)c([2H])c(N(c2c([2H])c([2H])c(-c3ccc(-c4ccccc4)cc3)c([2H])c2[2H])c2c([2H])c([2H])c([2H])c3c([2H])c([2H])c([2H])c([2H])c23)c1[2H]. The summed E-state index contributed by atoms with van der Waals surface area (Å²) in [4.78, 5) is 0.804. The molecule has 0 aliphatic carbocycles. The van der Waals surface area contributed by atoms with Crippen molar-refractivity contribution >= 4 is 38.6 Å². The third-order valence-electron chi connectivity index (χ3n) is 7.51. The Morgan fingerprint density at radius 2 is 1.02 bits per heavy atom. The molecular weight excluding hydrogens is 542 g/mol. The smallest absolute Gasteiger partial charge is 0.0651 e. The van der Waals surface area contributed by atoms with E-state index in [4.69, 9.17) is 11.0 Å². The van der Waals surface area contributed by atoms with E-state index in [-0.39, 0.29) is 16.7 Å². The molecule has 0 fully saturated rings. The van der Waals surface area contributed by atoms with Crippen LogP contribution >= 0.6 is 0 Å². The summed E-state index contributed by atoms with van der Waals surface area (Å²) in [5.41, 5.74) is 0.181. The molecule has 1 heteroatoms. The fraction of sp³-hybridized carbons (Fsp3) is 0. The highest BCUT2D eigenvalue weighted by Crippen LogP contribution is 2.41. The fourth-order valence-electron chi connectivity index (χ4n) is 5.26. The van der Waals surface area contributed by atoms with Crippen LogP contribution in [-0.4, -0.2) is 0 Å². The van der Waals surface area contributed by atoms with Crippen LogP contribution in [0.15, 0.2) is 188 Å². The maximum Gasteiger partial charge on any atom is 0.0651 e. The van der Waals surface area contributed by atoms with E-state index in [0.717, 1.165) is 26.8 Å². The van der Waals surface area contributed by atoms with E-state index in [2.05, 4.69) is 0 Å². The maximum atomic E-state index is 9.69. The zero-order valence-electron chi connectivity index (χ0n) is 38.7. The molecule has 45 heavy (non-hydrogen) atoms. The van der Waals surface area contributed by atoms with Gasteiger partial charge >= 0.3 is 0 Å². The Morgan fingerprint density at radius 3 is 1.84 bits per heavy atom. The number of anilines is 3. The fourth-order valence-corrected chi connectivity index (χ4v) is 5.26. The van der Waals surface area contributed by atoms with Gasteiger partial charge in [-0.2, -0.15) is 0 Å². The molecule has 0 N–H and O–H groups in total. The minimum Gasteiger partial charge on any atom is -0.310 e. The molecule has 1 nitrogen and oxygen atoms in total. The molecule has 0 saturated carbocycles. The van der Waals surface area contributed by atoms with E-state index >= 15 is 0 Å². The minimum absolute atomic E-state index is 0.106. The molecule has 0 amide bonds. The lowest BCUT2D eigenvalue weighted by atomic mass is 9.99. The first-order chi connectivity index (χ1) is 28.6. The number of rotatable bonds is 6. The van der Waals surface area contributed by atoms with Crippen molar-refractivity contribution in [3.8, 4) is 33.4 Å². The van der Waals surface area contributed by atoms with Crippen LogP contribution in [0.25, 0.3) is 54.9 Å². The first-order valence-electron chi connectivity index (χ1n) is 21.7. The zero-order valence-corrected chi connectivity index (χ0v) is 23.7. The molecule has 8 rings (SSSR count). The largest absolute Gasteiger partial charge is 0.310 e. The van der Waals surface area contributed by atoms with Crippen LogP contribution in [0.3, 0.4) is 0 Å². The lowest BCUT2D eigenvalue weighted by Gasteiger charge is -2.27. The van der Waals surface area contributed by atoms with E-state index < -0.39 is 118 Å². The monoisotopic (exact) mass is 588 g/mol. The van der Waals surface area contributed by atoms with Gasteiger partial charge in [0.05, 0.1) is 26.2 Å². The number of benzene rings is 8. The number of hydrogen-bond acceptors (Lipinski definition) is 1. The van der Waals surface area contributed by atoms with Gasteiger partial charge < -0.3 is 4.90 Å². The molecule has 0 aliphatic heterocycles. The Kier molecular flexibility index (Phi) is 3.93. The first kappa shape index (κ1) is 15.2. The Labute approximate surface area is 285 Å². The van der Waals surface area contributed by atoms with Crippen LogP contribution < -0.4 is 4.90 Å². The summed E-state index contributed by atoms with van der Waals surface area (Å²) in [6, 6.07) is 18.0. The molecule has 0 aromatic heterocycles. The lowest BCUT2D eigenvalue weighted by Crippen LogP contribution is -2.10. The summed E-state index contributed by atoms with van der Waals surface area (Å²) in [6.45, 7) is 0. The van der Waals surface area contributed by atoms with Crippen LogP contribution in [0.5, 0.6) is 0 Å². The van der Waals surface area contributed by atoms with Gasteiger partial charge in [-0.3, -0.25) is 0 Å². The highest BCUT2D eigenvalue weighted by atomic mass is 15.1. The topological polar surface area (TPSA) is 3.24 Å². The zero-order chi connectivity index (χ0) is 43.1. The average molecular weight is 589 g/mol. The van der Waals surface area contributed by atoms with E-state index in [1.54, 1.807) is 48.5 Å². The Balaban J connectivity index is 1.50. The molecule has 8 aromatic carbocycles. The quantitative estimate of drug-likeness (QED) is 0.187. The minimum atomic E-state index is -0.845. The third-order valence-corrected chi connectivity index (χ3v) is 7.51. The Bertz CT molecular complexity index is 3060. The number of fused-ring (bicyclic) bond motifs is 2. The second-order valence-corrected chi connectivity index (χ2v) is 10.3. The van der Waals surface area contributed by atoms with Crippen molar-refractivity contribution in [3.05, 3.63) is 188 Å². The first-order valence-corrected chi connectivity index (χ1v) is 14.2. The molecule has 0 unspecified atom stereocenters. The molecule has 0 atom stereocenters. The van der Waals surface area contributed by atoms with E-state index in [1.165, 1.54) is 0 Å². The third kappa shape index (κ3) is 5.26. The standard InChI is InChI=1S/C44H31N/c1-2-10-32(11-3-1)34-20-22-35(23-21-34)36-26-28-41(29-27-36)45(44-19-9-15-37-13-6-7-18-43(37)44)42-17-8-16-39(31-42)40-25-24-33-12-4-5-14-38(33)30-40/h1-31H/i6D,7D,8D,9D,13D,15D,16D,17D,18D,19D,26D,27D,28D,29D,31D. The molecule has 212 valence electrons. The summed E-state index contributed by atoms with van der Waals surface area (Å²) in [5.74, 6) is 0. The van der Waals surface area contributed by atoms with E-state index in [1.807, 2.05) is 48.5 Å². The van der Waals surface area contributed by atoms with Gasteiger partial charge in [0.15, 0.2) is 0 Å². The van der Waals surface area contributed by atoms with Gasteiger partial charge in [-0.15, -0.1) is 0 Å². The Morgan fingerprint density at radius 1 is 0.378 bits per heavy atom. The molecule has 0 heterocycles. The Hall–Kier alpha value is -5.92. The molecule has 0 radical (unpaired) electrons. The van der Waals surface area contributed by atoms with Gasteiger partial charge in [0.25, 0.3) is 0 Å². The average Bonchev–Trinajstić information content (AvgIpc) is 3.25. The summed E-state index contributed by atoms with van der Waals surface area (Å²) < 4.78 is 136. The van der Waals surface area contributed by atoms with Gasteiger partial charge in [0, 0.05) is 16.8 Å². The van der Waals surface area contributed by atoms with Gasteiger partial charge in [0.1, 0.15) is 0 Å². The normalized spacial score (nSPS) is 15.8. The van der Waals surface area contributed by atoms with Crippen molar-refractivity contribution in [2.24, 2.45) is 0 Å². The van der Waals surface area contributed by atoms with Crippen molar-refractivity contribution in [1.29, 1.82) is 0 Å². The number of hydrogen-bond donors (Lipinski definition) is 0. The van der Waals surface area contributed by atoms with Crippen molar-refractivity contribution in [3.63, 3.8) is 0 Å². The number of nitrogens with zero attached hydrogens (tertiary/aromatic N) is 1. The van der Waals surface area contributed by atoms with Crippen molar-refractivity contribution < 1.29 is 20.6 Å². The molecule has 0 aliphatic rings. The predicted molar refractivity (Wildman–Crippen MR) is 192 cm³/mol.